The van der Waals surface area contributed by atoms with Crippen LogP contribution in [0.25, 0.3) is 0 Å². The van der Waals surface area contributed by atoms with E-state index in [2.05, 4.69) is 5.32 Å². The van der Waals surface area contributed by atoms with Crippen LogP contribution in [0, 0.1) is 0 Å². The number of rotatable bonds is 8. The molecule has 0 heterocycles. The minimum absolute atomic E-state index is 0.199. The van der Waals surface area contributed by atoms with Gasteiger partial charge in [-0.25, -0.2) is 0 Å². The first-order valence-corrected chi connectivity index (χ1v) is 11.9. The van der Waals surface area contributed by atoms with E-state index in [1.807, 2.05) is 97.6 Å². The number of anilines is 3. The minimum atomic E-state index is -0.595. The number of carbonyl (C=O) groups is 2. The van der Waals surface area contributed by atoms with Crippen LogP contribution in [0.1, 0.15) is 57.8 Å². The van der Waals surface area contributed by atoms with Crippen LogP contribution in [0.2, 0.25) is 0 Å². The van der Waals surface area contributed by atoms with Gasteiger partial charge < -0.3 is 21.7 Å². The zero-order valence-electron chi connectivity index (χ0n) is 20.4. The Kier molecular flexibility index (Phi) is 7.35. The number of para-hydroxylation sites is 2. The van der Waals surface area contributed by atoms with Crippen LogP contribution in [-0.4, -0.2) is 11.8 Å². The summed E-state index contributed by atoms with van der Waals surface area (Å²) in [6.07, 6.45) is 0. The molecule has 5 N–H and O–H groups in total. The van der Waals surface area contributed by atoms with E-state index >= 15 is 0 Å². The average molecular weight is 479 g/mol. The zero-order valence-corrected chi connectivity index (χ0v) is 20.4. The Hall–Kier alpha value is -4.58. The van der Waals surface area contributed by atoms with Crippen molar-refractivity contribution in [3.8, 4) is 0 Å². The molecular formula is C30H30N4O2. The van der Waals surface area contributed by atoms with Crippen molar-refractivity contribution < 1.29 is 9.59 Å². The predicted molar refractivity (Wildman–Crippen MR) is 145 cm³/mol. The van der Waals surface area contributed by atoms with Gasteiger partial charge in [0.15, 0.2) is 0 Å². The van der Waals surface area contributed by atoms with Gasteiger partial charge in [-0.1, -0.05) is 78.9 Å². The van der Waals surface area contributed by atoms with E-state index in [1.54, 1.807) is 24.3 Å². The second kappa shape index (κ2) is 10.8. The summed E-state index contributed by atoms with van der Waals surface area (Å²) in [5, 5.41) is 3.10. The fraction of sp³-hybridized carbons (Fsp3) is 0.133. The van der Waals surface area contributed by atoms with Crippen molar-refractivity contribution in [2.75, 3.05) is 10.6 Å². The van der Waals surface area contributed by atoms with Crippen LogP contribution >= 0.6 is 0 Å². The molecule has 0 saturated heterocycles. The summed E-state index contributed by atoms with van der Waals surface area (Å²) in [4.78, 5) is 28.0. The zero-order chi connectivity index (χ0) is 25.7. The highest BCUT2D eigenvalue weighted by atomic mass is 16.2. The number of benzene rings is 4. The van der Waals surface area contributed by atoms with Gasteiger partial charge in [0.2, 0.25) is 0 Å². The second-order valence-corrected chi connectivity index (χ2v) is 8.69. The molecule has 36 heavy (non-hydrogen) atoms. The van der Waals surface area contributed by atoms with Crippen LogP contribution in [0.5, 0.6) is 0 Å². The van der Waals surface area contributed by atoms with Crippen molar-refractivity contribution in [2.24, 2.45) is 5.73 Å². The van der Waals surface area contributed by atoms with Crippen molar-refractivity contribution in [3.05, 3.63) is 125 Å². The van der Waals surface area contributed by atoms with E-state index in [4.69, 9.17) is 11.5 Å². The minimum Gasteiger partial charge on any atom is -0.397 e. The monoisotopic (exact) mass is 478 g/mol. The summed E-state index contributed by atoms with van der Waals surface area (Å²) in [7, 11) is 0. The number of primary amides is 1. The largest absolute Gasteiger partial charge is 0.397 e. The highest BCUT2D eigenvalue weighted by Crippen LogP contribution is 2.42. The van der Waals surface area contributed by atoms with E-state index in [-0.39, 0.29) is 23.6 Å². The third kappa shape index (κ3) is 5.08. The van der Waals surface area contributed by atoms with Gasteiger partial charge in [0, 0.05) is 0 Å². The highest BCUT2D eigenvalue weighted by molar-refractivity contribution is 6.05. The number of nitrogens with one attached hydrogen (secondary N) is 1. The standard InChI is InChI=1S/C30H30N4O2/c1-20(22-12-5-3-6-13-22)33-30(36)24-16-9-10-19-27(24)34(21(2)23-14-7-4-8-15-23)28-25(29(32)35)17-11-18-26(28)31/h3-21H,31H2,1-2H3,(H2,32,35)(H,33,36). The van der Waals surface area contributed by atoms with Crippen LogP contribution in [0.4, 0.5) is 17.1 Å². The molecule has 4 aromatic carbocycles. The molecule has 0 aliphatic carbocycles. The lowest BCUT2D eigenvalue weighted by Gasteiger charge is -2.35. The summed E-state index contributed by atoms with van der Waals surface area (Å²) in [6, 6.07) is 31.6. The van der Waals surface area contributed by atoms with Gasteiger partial charge in [-0.05, 0) is 49.2 Å². The first-order valence-electron chi connectivity index (χ1n) is 11.9. The quantitative estimate of drug-likeness (QED) is 0.280. The summed E-state index contributed by atoms with van der Waals surface area (Å²) in [6.45, 7) is 3.95. The fourth-order valence-corrected chi connectivity index (χ4v) is 4.41. The Morgan fingerprint density at radius 3 is 1.92 bits per heavy atom. The number of nitrogens with zero attached hydrogens (tertiary/aromatic N) is 1. The molecule has 0 bridgehead atoms. The van der Waals surface area contributed by atoms with E-state index in [0.717, 1.165) is 11.1 Å². The summed E-state index contributed by atoms with van der Waals surface area (Å²) in [5.41, 5.74) is 16.4. The SMILES string of the molecule is CC(NC(=O)c1ccccc1N(c1c(N)cccc1C(N)=O)C(C)c1ccccc1)c1ccccc1. The van der Waals surface area contributed by atoms with Gasteiger partial charge in [0.25, 0.3) is 11.8 Å². The van der Waals surface area contributed by atoms with Crippen LogP contribution in [0.15, 0.2) is 103 Å². The second-order valence-electron chi connectivity index (χ2n) is 8.69. The van der Waals surface area contributed by atoms with E-state index in [0.29, 0.717) is 22.6 Å². The van der Waals surface area contributed by atoms with Crippen molar-refractivity contribution >= 4 is 28.9 Å². The Morgan fingerprint density at radius 1 is 0.722 bits per heavy atom. The third-order valence-electron chi connectivity index (χ3n) is 6.30. The fourth-order valence-electron chi connectivity index (χ4n) is 4.41. The molecule has 2 amide bonds. The topological polar surface area (TPSA) is 101 Å². The maximum atomic E-state index is 13.6. The van der Waals surface area contributed by atoms with Gasteiger partial charge >= 0.3 is 0 Å². The number of nitrogens with two attached hydrogens (primary N) is 2. The van der Waals surface area contributed by atoms with Crippen LogP contribution in [-0.2, 0) is 0 Å². The number of hydrogen-bond acceptors (Lipinski definition) is 4. The van der Waals surface area contributed by atoms with Gasteiger partial charge in [0.05, 0.1) is 40.3 Å². The normalized spacial score (nSPS) is 12.4. The molecule has 2 unspecified atom stereocenters. The van der Waals surface area contributed by atoms with Crippen molar-refractivity contribution in [1.82, 2.24) is 5.32 Å². The number of nitrogen functional groups attached to an aromatic ring is 1. The molecule has 0 saturated carbocycles. The molecule has 0 aromatic heterocycles. The molecule has 6 nitrogen and oxygen atoms in total. The molecule has 182 valence electrons. The van der Waals surface area contributed by atoms with E-state index in [9.17, 15) is 9.59 Å². The molecule has 0 aliphatic heterocycles. The smallest absolute Gasteiger partial charge is 0.253 e. The summed E-state index contributed by atoms with van der Waals surface area (Å²) < 4.78 is 0. The van der Waals surface area contributed by atoms with E-state index < -0.39 is 5.91 Å². The van der Waals surface area contributed by atoms with Gasteiger partial charge in [0.1, 0.15) is 0 Å². The Balaban J connectivity index is 1.85. The molecular weight excluding hydrogens is 448 g/mol. The Morgan fingerprint density at radius 2 is 1.28 bits per heavy atom. The maximum Gasteiger partial charge on any atom is 0.253 e. The van der Waals surface area contributed by atoms with Crippen LogP contribution in [0.3, 0.4) is 0 Å². The van der Waals surface area contributed by atoms with E-state index in [1.165, 1.54) is 0 Å². The molecule has 6 heteroatoms. The molecule has 0 aliphatic rings. The lowest BCUT2D eigenvalue weighted by atomic mass is 9.99. The van der Waals surface area contributed by atoms with Crippen molar-refractivity contribution in [3.63, 3.8) is 0 Å². The summed E-state index contributed by atoms with van der Waals surface area (Å²) in [5.74, 6) is -0.829. The van der Waals surface area contributed by atoms with Crippen molar-refractivity contribution in [1.29, 1.82) is 0 Å². The van der Waals surface area contributed by atoms with Crippen LogP contribution < -0.4 is 21.7 Å². The highest BCUT2D eigenvalue weighted by Gasteiger charge is 2.28. The first kappa shape index (κ1) is 24.5. The molecule has 4 aromatic rings. The Labute approximate surface area is 211 Å². The van der Waals surface area contributed by atoms with Gasteiger partial charge in [-0.15, -0.1) is 0 Å². The lowest BCUT2D eigenvalue weighted by Crippen LogP contribution is -2.31. The molecule has 4 rings (SSSR count). The molecule has 0 fully saturated rings. The number of carbonyl (C=O) groups excluding carboxylic acids is 2. The number of hydrogen-bond donors (Lipinski definition) is 3. The van der Waals surface area contributed by atoms with Gasteiger partial charge in [-0.3, -0.25) is 9.59 Å². The maximum absolute atomic E-state index is 13.6. The average Bonchev–Trinajstić information content (AvgIpc) is 2.90. The first-order chi connectivity index (χ1) is 17.4. The third-order valence-corrected chi connectivity index (χ3v) is 6.30. The molecule has 0 spiro atoms. The summed E-state index contributed by atoms with van der Waals surface area (Å²) >= 11 is 0. The predicted octanol–water partition coefficient (Wildman–Crippen LogP) is 5.76. The van der Waals surface area contributed by atoms with Gasteiger partial charge in [-0.2, -0.15) is 0 Å². The Bertz CT molecular complexity index is 1360. The lowest BCUT2D eigenvalue weighted by molar-refractivity contribution is 0.0939. The van der Waals surface area contributed by atoms with Crippen molar-refractivity contribution in [2.45, 2.75) is 25.9 Å². The molecule has 2 atom stereocenters. The number of amides is 2. The molecule has 0 radical (unpaired) electrons.